The number of aryl methyl sites for hydroxylation is 1. The van der Waals surface area contributed by atoms with E-state index in [2.05, 4.69) is 84.4 Å². The van der Waals surface area contributed by atoms with Gasteiger partial charge in [0.15, 0.2) is 0 Å². The monoisotopic (exact) mass is 281 g/mol. The number of hydrogen-bond donors (Lipinski definition) is 0. The Hall–Kier alpha value is -2.80. The summed E-state index contributed by atoms with van der Waals surface area (Å²) in [5.74, 6) is 0. The number of benzene rings is 4. The number of aromatic nitrogens is 1. The molecule has 0 saturated heterocycles. The fraction of sp³-hybridized carbons (Fsp3) is 0.0476. The first-order valence-corrected chi connectivity index (χ1v) is 7.62. The van der Waals surface area contributed by atoms with Crippen LogP contribution in [0.15, 0.2) is 72.8 Å². The summed E-state index contributed by atoms with van der Waals surface area (Å²) >= 11 is 0. The van der Waals surface area contributed by atoms with E-state index in [0.29, 0.717) is 0 Å². The van der Waals surface area contributed by atoms with Crippen LogP contribution in [0.25, 0.3) is 43.4 Å². The minimum Gasteiger partial charge on any atom is -0.343 e. The van der Waals surface area contributed by atoms with Gasteiger partial charge in [0.1, 0.15) is 0 Å². The van der Waals surface area contributed by atoms with Crippen molar-refractivity contribution in [2.24, 2.45) is 7.05 Å². The van der Waals surface area contributed by atoms with E-state index in [9.17, 15) is 0 Å². The largest absolute Gasteiger partial charge is 0.343 e. The van der Waals surface area contributed by atoms with Gasteiger partial charge in [0.2, 0.25) is 0 Å². The van der Waals surface area contributed by atoms with Crippen LogP contribution in [-0.4, -0.2) is 4.57 Å². The van der Waals surface area contributed by atoms with Crippen LogP contribution in [-0.2, 0) is 7.05 Å². The van der Waals surface area contributed by atoms with Crippen LogP contribution in [0.3, 0.4) is 0 Å². The molecule has 0 aliphatic heterocycles. The molecule has 0 bridgehead atoms. The van der Waals surface area contributed by atoms with Gasteiger partial charge in [-0.3, -0.25) is 0 Å². The van der Waals surface area contributed by atoms with Crippen LogP contribution < -0.4 is 0 Å². The van der Waals surface area contributed by atoms with Crippen LogP contribution in [0.4, 0.5) is 0 Å². The molecule has 0 aliphatic carbocycles. The number of fused-ring (bicyclic) bond motifs is 7. The second kappa shape index (κ2) is 4.11. The molecule has 1 heteroatoms. The molecule has 0 atom stereocenters. The zero-order chi connectivity index (χ0) is 14.7. The Labute approximate surface area is 128 Å². The third-order valence-corrected chi connectivity index (χ3v) is 4.77. The predicted octanol–water partition coefficient (Wildman–Crippen LogP) is 5.64. The summed E-state index contributed by atoms with van der Waals surface area (Å²) in [6.45, 7) is 0. The predicted molar refractivity (Wildman–Crippen MR) is 95.4 cm³/mol. The van der Waals surface area contributed by atoms with E-state index in [-0.39, 0.29) is 0 Å². The van der Waals surface area contributed by atoms with Crippen molar-refractivity contribution in [3.63, 3.8) is 0 Å². The molecule has 1 heterocycles. The average Bonchev–Trinajstić information content (AvgIpc) is 2.88. The van der Waals surface area contributed by atoms with Gasteiger partial charge in [0.25, 0.3) is 0 Å². The maximum absolute atomic E-state index is 2.33. The molecule has 4 aromatic carbocycles. The number of nitrogens with zero attached hydrogens (tertiary/aromatic N) is 1. The maximum Gasteiger partial charge on any atom is 0.0568 e. The first kappa shape index (κ1) is 11.8. The number of rotatable bonds is 0. The van der Waals surface area contributed by atoms with Crippen molar-refractivity contribution in [3.8, 4) is 0 Å². The van der Waals surface area contributed by atoms with Gasteiger partial charge >= 0.3 is 0 Å². The summed E-state index contributed by atoms with van der Waals surface area (Å²) in [6.07, 6.45) is 0. The van der Waals surface area contributed by atoms with E-state index >= 15 is 0 Å². The van der Waals surface area contributed by atoms with Gasteiger partial charge in [-0.2, -0.15) is 0 Å². The Morgan fingerprint density at radius 1 is 0.591 bits per heavy atom. The van der Waals surface area contributed by atoms with Crippen LogP contribution in [0.5, 0.6) is 0 Å². The smallest absolute Gasteiger partial charge is 0.0568 e. The topological polar surface area (TPSA) is 4.93 Å². The van der Waals surface area contributed by atoms with E-state index in [1.165, 1.54) is 43.4 Å². The zero-order valence-electron chi connectivity index (χ0n) is 12.4. The highest BCUT2D eigenvalue weighted by Crippen LogP contribution is 2.37. The molecule has 22 heavy (non-hydrogen) atoms. The Morgan fingerprint density at radius 2 is 1.23 bits per heavy atom. The second-order valence-electron chi connectivity index (χ2n) is 5.92. The van der Waals surface area contributed by atoms with Crippen molar-refractivity contribution in [2.75, 3.05) is 0 Å². The van der Waals surface area contributed by atoms with Gasteiger partial charge in [0.05, 0.1) is 5.52 Å². The molecule has 0 unspecified atom stereocenters. The van der Waals surface area contributed by atoms with Crippen LogP contribution in [0.1, 0.15) is 0 Å². The average molecular weight is 281 g/mol. The molecular formula is C21H15N. The highest BCUT2D eigenvalue weighted by molar-refractivity contribution is 6.25. The molecule has 5 aromatic rings. The quantitative estimate of drug-likeness (QED) is 0.346. The highest BCUT2D eigenvalue weighted by Gasteiger charge is 2.13. The Kier molecular flexibility index (Phi) is 2.21. The minimum atomic E-state index is 1.30. The van der Waals surface area contributed by atoms with Gasteiger partial charge in [0, 0.05) is 28.7 Å². The fourth-order valence-corrected chi connectivity index (χ4v) is 3.76. The van der Waals surface area contributed by atoms with Gasteiger partial charge in [-0.25, -0.2) is 0 Å². The Balaban J connectivity index is 2.16. The highest BCUT2D eigenvalue weighted by atomic mass is 14.9. The van der Waals surface area contributed by atoms with Crippen molar-refractivity contribution >= 4 is 43.4 Å². The molecule has 5 rings (SSSR count). The molecule has 0 amide bonds. The lowest BCUT2D eigenvalue weighted by molar-refractivity contribution is 1.02. The summed E-state index contributed by atoms with van der Waals surface area (Å²) in [6, 6.07) is 26.3. The SMILES string of the molecule is Cn1c2ccc3ccccc3c2c2ccc3ccccc3c21. The van der Waals surface area contributed by atoms with E-state index in [1.54, 1.807) is 0 Å². The molecule has 1 aromatic heterocycles. The van der Waals surface area contributed by atoms with Gasteiger partial charge in [-0.1, -0.05) is 66.7 Å². The Bertz CT molecular complexity index is 1180. The third-order valence-electron chi connectivity index (χ3n) is 4.77. The summed E-state index contributed by atoms with van der Waals surface area (Å²) in [4.78, 5) is 0. The van der Waals surface area contributed by atoms with Crippen molar-refractivity contribution in [1.29, 1.82) is 0 Å². The number of hydrogen-bond acceptors (Lipinski definition) is 0. The molecule has 0 aliphatic rings. The maximum atomic E-state index is 2.33. The van der Waals surface area contributed by atoms with E-state index in [1.807, 2.05) is 0 Å². The molecular weight excluding hydrogens is 266 g/mol. The summed E-state index contributed by atoms with van der Waals surface area (Å²) in [5, 5.41) is 7.96. The van der Waals surface area contributed by atoms with Crippen LogP contribution in [0, 0.1) is 0 Å². The summed E-state index contributed by atoms with van der Waals surface area (Å²) in [5.41, 5.74) is 2.62. The Morgan fingerprint density at radius 3 is 2.05 bits per heavy atom. The molecule has 0 radical (unpaired) electrons. The molecule has 0 saturated carbocycles. The van der Waals surface area contributed by atoms with Crippen molar-refractivity contribution in [2.45, 2.75) is 0 Å². The lowest BCUT2D eigenvalue weighted by Gasteiger charge is -2.02. The van der Waals surface area contributed by atoms with E-state index in [0.717, 1.165) is 0 Å². The van der Waals surface area contributed by atoms with Crippen molar-refractivity contribution < 1.29 is 0 Å². The second-order valence-corrected chi connectivity index (χ2v) is 5.92. The zero-order valence-corrected chi connectivity index (χ0v) is 12.4. The van der Waals surface area contributed by atoms with Gasteiger partial charge in [-0.15, -0.1) is 0 Å². The van der Waals surface area contributed by atoms with Gasteiger partial charge < -0.3 is 4.57 Å². The molecule has 0 fully saturated rings. The minimum absolute atomic E-state index is 1.30. The first-order valence-electron chi connectivity index (χ1n) is 7.62. The van der Waals surface area contributed by atoms with E-state index < -0.39 is 0 Å². The summed E-state index contributed by atoms with van der Waals surface area (Å²) in [7, 11) is 2.17. The van der Waals surface area contributed by atoms with Gasteiger partial charge in [-0.05, 0) is 22.2 Å². The van der Waals surface area contributed by atoms with E-state index in [4.69, 9.17) is 0 Å². The fourth-order valence-electron chi connectivity index (χ4n) is 3.76. The lowest BCUT2D eigenvalue weighted by atomic mass is 10.0. The molecule has 0 N–H and O–H groups in total. The molecule has 0 spiro atoms. The standard InChI is InChI=1S/C21H15N/c1-22-19-13-11-14-6-2-4-8-16(14)20(19)18-12-10-15-7-3-5-9-17(15)21(18)22/h2-13H,1H3. The van der Waals surface area contributed by atoms with Crippen LogP contribution >= 0.6 is 0 Å². The lowest BCUT2D eigenvalue weighted by Crippen LogP contribution is -1.87. The van der Waals surface area contributed by atoms with Crippen molar-refractivity contribution in [3.05, 3.63) is 72.8 Å². The normalized spacial score (nSPS) is 11.9. The van der Waals surface area contributed by atoms with Crippen molar-refractivity contribution in [1.82, 2.24) is 4.57 Å². The summed E-state index contributed by atoms with van der Waals surface area (Å²) < 4.78 is 2.33. The third kappa shape index (κ3) is 1.38. The van der Waals surface area contributed by atoms with Crippen LogP contribution in [0.2, 0.25) is 0 Å². The molecule has 1 nitrogen and oxygen atoms in total. The molecule has 104 valence electrons. The first-order chi connectivity index (χ1) is 10.8.